The summed E-state index contributed by atoms with van der Waals surface area (Å²) >= 11 is 7.85. The standard InChI is InChI=1S/C23H25ClN4OS/c1-12-13(2)30-22-19(12)20(15-7-9-16(24)10-8-15)25-17(11-18(29)23(4,5)6)21-27-26-14(3)28(21)22/h7-10,17H,11H2,1-6H3. The number of carbonyl (C=O) groups excluding carboxylic acids is 1. The van der Waals surface area contributed by atoms with Gasteiger partial charge in [0.1, 0.15) is 22.7 Å². The molecule has 0 fully saturated rings. The van der Waals surface area contributed by atoms with Crippen molar-refractivity contribution in [3.8, 4) is 5.00 Å². The molecule has 4 rings (SSSR count). The van der Waals surface area contributed by atoms with Crippen molar-refractivity contribution in [2.45, 2.75) is 54.0 Å². The monoisotopic (exact) mass is 440 g/mol. The summed E-state index contributed by atoms with van der Waals surface area (Å²) in [4.78, 5) is 19.3. The molecule has 3 heterocycles. The second-order valence-corrected chi connectivity index (χ2v) is 10.4. The number of halogens is 1. The molecule has 1 unspecified atom stereocenters. The molecule has 5 nitrogen and oxygen atoms in total. The Morgan fingerprint density at radius 2 is 1.80 bits per heavy atom. The molecule has 2 aromatic heterocycles. The van der Waals surface area contributed by atoms with E-state index < -0.39 is 11.5 Å². The third-order valence-corrected chi connectivity index (χ3v) is 7.02. The Bertz CT molecular complexity index is 1170. The van der Waals surface area contributed by atoms with Gasteiger partial charge < -0.3 is 0 Å². The molecule has 0 saturated carbocycles. The highest BCUT2D eigenvalue weighted by atomic mass is 35.5. The Kier molecular flexibility index (Phi) is 5.19. The number of benzene rings is 1. The molecule has 0 N–H and O–H groups in total. The second-order valence-electron chi connectivity index (χ2n) is 8.78. The number of fused-ring (bicyclic) bond motifs is 3. The number of nitrogens with zero attached hydrogens (tertiary/aromatic N) is 4. The number of aliphatic imine (C=N–C) groups is 1. The molecule has 0 saturated heterocycles. The fourth-order valence-electron chi connectivity index (χ4n) is 3.61. The van der Waals surface area contributed by atoms with Gasteiger partial charge in [-0.15, -0.1) is 21.5 Å². The normalized spacial score (nSPS) is 16.0. The van der Waals surface area contributed by atoms with Gasteiger partial charge in [0, 0.05) is 32.9 Å². The summed E-state index contributed by atoms with van der Waals surface area (Å²) in [5.74, 6) is 1.67. The molecule has 156 valence electrons. The largest absolute Gasteiger partial charge is 0.299 e. The van der Waals surface area contributed by atoms with Crippen LogP contribution in [0.2, 0.25) is 5.02 Å². The average Bonchev–Trinajstić information content (AvgIpc) is 3.14. The van der Waals surface area contributed by atoms with Crippen molar-refractivity contribution in [3.63, 3.8) is 0 Å². The smallest absolute Gasteiger partial charge is 0.163 e. The molecule has 1 aliphatic heterocycles. The number of hydrogen-bond acceptors (Lipinski definition) is 5. The minimum Gasteiger partial charge on any atom is -0.299 e. The van der Waals surface area contributed by atoms with Crippen molar-refractivity contribution >= 4 is 34.4 Å². The molecule has 30 heavy (non-hydrogen) atoms. The van der Waals surface area contributed by atoms with Gasteiger partial charge in [-0.25, -0.2) is 0 Å². The van der Waals surface area contributed by atoms with Gasteiger partial charge in [-0.05, 0) is 38.5 Å². The molecule has 1 aromatic carbocycles. The molecular formula is C23H25ClN4OS. The minimum atomic E-state index is -0.445. The summed E-state index contributed by atoms with van der Waals surface area (Å²) < 4.78 is 2.08. The number of rotatable bonds is 3. The molecule has 3 aromatic rings. The number of aromatic nitrogens is 3. The summed E-state index contributed by atoms with van der Waals surface area (Å²) in [5.41, 5.74) is 3.67. The summed E-state index contributed by atoms with van der Waals surface area (Å²) in [6.45, 7) is 12.0. The summed E-state index contributed by atoms with van der Waals surface area (Å²) in [7, 11) is 0. The minimum absolute atomic E-state index is 0.150. The third kappa shape index (κ3) is 3.52. The lowest BCUT2D eigenvalue weighted by atomic mass is 9.87. The number of ketones is 1. The fourth-order valence-corrected chi connectivity index (χ4v) is 4.95. The van der Waals surface area contributed by atoms with Crippen LogP contribution in [0, 0.1) is 26.2 Å². The van der Waals surface area contributed by atoms with Gasteiger partial charge in [0.25, 0.3) is 0 Å². The molecule has 1 aliphatic rings. The zero-order valence-corrected chi connectivity index (χ0v) is 19.6. The van der Waals surface area contributed by atoms with Crippen LogP contribution >= 0.6 is 22.9 Å². The first kappa shape index (κ1) is 20.9. The lowest BCUT2D eigenvalue weighted by Crippen LogP contribution is -2.23. The first-order valence-electron chi connectivity index (χ1n) is 9.97. The Balaban J connectivity index is 1.98. The van der Waals surface area contributed by atoms with E-state index in [1.54, 1.807) is 11.3 Å². The van der Waals surface area contributed by atoms with Crippen LogP contribution < -0.4 is 0 Å². The van der Waals surface area contributed by atoms with E-state index in [-0.39, 0.29) is 12.2 Å². The lowest BCUT2D eigenvalue weighted by molar-refractivity contribution is -0.126. The van der Waals surface area contributed by atoms with Crippen molar-refractivity contribution in [3.05, 3.63) is 62.5 Å². The van der Waals surface area contributed by atoms with Crippen LogP contribution in [0.25, 0.3) is 5.00 Å². The van der Waals surface area contributed by atoms with Gasteiger partial charge in [-0.2, -0.15) is 0 Å². The predicted molar refractivity (Wildman–Crippen MR) is 122 cm³/mol. The predicted octanol–water partition coefficient (Wildman–Crippen LogP) is 5.80. The van der Waals surface area contributed by atoms with Crippen LogP contribution in [-0.2, 0) is 4.79 Å². The van der Waals surface area contributed by atoms with Crippen molar-refractivity contribution in [2.75, 3.05) is 0 Å². The first-order chi connectivity index (χ1) is 14.1. The molecule has 1 atom stereocenters. The van der Waals surface area contributed by atoms with Crippen molar-refractivity contribution < 1.29 is 4.79 Å². The summed E-state index contributed by atoms with van der Waals surface area (Å²) in [5, 5.41) is 10.5. The Labute approximate surface area is 185 Å². The molecule has 0 amide bonds. The van der Waals surface area contributed by atoms with E-state index in [0.29, 0.717) is 5.02 Å². The highest BCUT2D eigenvalue weighted by Gasteiger charge is 2.34. The Morgan fingerprint density at radius 1 is 1.13 bits per heavy atom. The third-order valence-electron chi connectivity index (χ3n) is 5.57. The highest BCUT2D eigenvalue weighted by Crippen LogP contribution is 2.40. The zero-order valence-electron chi connectivity index (χ0n) is 18.1. The first-order valence-corrected chi connectivity index (χ1v) is 11.2. The molecule has 0 aliphatic carbocycles. The van der Waals surface area contributed by atoms with Gasteiger partial charge in [-0.1, -0.05) is 44.5 Å². The van der Waals surface area contributed by atoms with Crippen molar-refractivity contribution in [2.24, 2.45) is 10.4 Å². The van der Waals surface area contributed by atoms with Gasteiger partial charge in [0.2, 0.25) is 0 Å². The van der Waals surface area contributed by atoms with Crippen LogP contribution in [0.3, 0.4) is 0 Å². The Morgan fingerprint density at radius 3 is 2.43 bits per heavy atom. The van der Waals surface area contributed by atoms with Crippen LogP contribution in [0.5, 0.6) is 0 Å². The van der Waals surface area contributed by atoms with Crippen LogP contribution in [0.1, 0.15) is 66.5 Å². The van der Waals surface area contributed by atoms with Gasteiger partial charge in [0.15, 0.2) is 5.82 Å². The van der Waals surface area contributed by atoms with Crippen LogP contribution in [0.15, 0.2) is 29.3 Å². The molecule has 0 spiro atoms. The fraction of sp³-hybridized carbons (Fsp3) is 0.391. The maximum absolute atomic E-state index is 12.9. The number of Topliss-reactive ketones (excluding diaryl/α,β-unsaturated/α-hetero) is 1. The Hall–Kier alpha value is -2.31. The van der Waals surface area contributed by atoms with Gasteiger partial charge in [-0.3, -0.25) is 14.4 Å². The van der Waals surface area contributed by atoms with Crippen molar-refractivity contribution in [1.82, 2.24) is 14.8 Å². The zero-order chi connectivity index (χ0) is 21.8. The quantitative estimate of drug-likeness (QED) is 0.516. The van der Waals surface area contributed by atoms with Gasteiger partial charge >= 0.3 is 0 Å². The SMILES string of the molecule is Cc1sc2c(c1C)C(c1ccc(Cl)cc1)=NC(CC(=O)C(C)(C)C)c1nnc(C)n1-2. The van der Waals surface area contributed by atoms with Crippen LogP contribution in [0.4, 0.5) is 0 Å². The van der Waals surface area contributed by atoms with Crippen molar-refractivity contribution in [1.29, 1.82) is 0 Å². The van der Waals surface area contributed by atoms with E-state index in [1.165, 1.54) is 10.4 Å². The highest BCUT2D eigenvalue weighted by molar-refractivity contribution is 7.15. The van der Waals surface area contributed by atoms with Crippen LogP contribution in [-0.4, -0.2) is 26.3 Å². The van der Waals surface area contributed by atoms with Gasteiger partial charge in [0.05, 0.1) is 5.71 Å². The number of thiophene rings is 1. The van der Waals surface area contributed by atoms with E-state index in [1.807, 2.05) is 52.0 Å². The molecular weight excluding hydrogens is 416 g/mol. The molecule has 0 bridgehead atoms. The van der Waals surface area contributed by atoms with E-state index >= 15 is 0 Å². The summed E-state index contributed by atoms with van der Waals surface area (Å²) in [6, 6.07) is 7.32. The maximum atomic E-state index is 12.9. The number of aryl methyl sites for hydroxylation is 2. The van der Waals surface area contributed by atoms with E-state index in [0.717, 1.165) is 33.5 Å². The second kappa shape index (κ2) is 7.43. The lowest BCUT2D eigenvalue weighted by Gasteiger charge is -2.19. The maximum Gasteiger partial charge on any atom is 0.163 e. The summed E-state index contributed by atoms with van der Waals surface area (Å²) in [6.07, 6.45) is 0.283. The average molecular weight is 441 g/mol. The number of carbonyl (C=O) groups is 1. The van der Waals surface area contributed by atoms with E-state index in [9.17, 15) is 4.79 Å². The molecule has 7 heteroatoms. The molecule has 0 radical (unpaired) electrons. The van der Waals surface area contributed by atoms with E-state index in [2.05, 4.69) is 28.6 Å². The number of hydrogen-bond donors (Lipinski definition) is 0. The van der Waals surface area contributed by atoms with E-state index in [4.69, 9.17) is 16.6 Å². The topological polar surface area (TPSA) is 60.1 Å².